The maximum atomic E-state index is 10.3. The van der Waals surface area contributed by atoms with Crippen molar-refractivity contribution in [3.63, 3.8) is 0 Å². The van der Waals surface area contributed by atoms with Crippen LogP contribution in [0.5, 0.6) is 0 Å². The van der Waals surface area contributed by atoms with Crippen molar-refractivity contribution in [2.75, 3.05) is 11.9 Å². The summed E-state index contributed by atoms with van der Waals surface area (Å²) in [7, 11) is 0. The van der Waals surface area contributed by atoms with Crippen molar-refractivity contribution in [1.82, 2.24) is 19.8 Å². The van der Waals surface area contributed by atoms with E-state index in [1.807, 2.05) is 6.92 Å². The first-order valence-corrected chi connectivity index (χ1v) is 7.37. The van der Waals surface area contributed by atoms with Crippen molar-refractivity contribution in [3.05, 3.63) is 51.8 Å². The van der Waals surface area contributed by atoms with Gasteiger partial charge in [-0.25, -0.2) is 0 Å². The highest BCUT2D eigenvalue weighted by atomic mass is 35.5. The number of aromatic nitrogens is 4. The van der Waals surface area contributed by atoms with Crippen LogP contribution in [0.15, 0.2) is 30.3 Å². The molecular formula is C14H13Cl2N5O. The Morgan fingerprint density at radius 1 is 1.18 bits per heavy atom. The number of nitrogens with zero attached hydrogens (tertiary/aromatic N) is 4. The fourth-order valence-corrected chi connectivity index (χ4v) is 2.77. The number of nitrogens with one attached hydrogen (secondary N) is 1. The average Bonchev–Trinajstić information content (AvgIpc) is 2.86. The van der Waals surface area contributed by atoms with E-state index in [4.69, 9.17) is 23.2 Å². The summed E-state index contributed by atoms with van der Waals surface area (Å²) in [6.07, 6.45) is -0.847. The molecule has 2 N–H and O–H groups in total. The Balaban J connectivity index is 1.77. The highest BCUT2D eigenvalue weighted by molar-refractivity contribution is 6.36. The van der Waals surface area contributed by atoms with Crippen molar-refractivity contribution in [1.29, 1.82) is 0 Å². The predicted molar refractivity (Wildman–Crippen MR) is 85.4 cm³/mol. The number of aliphatic hydroxyl groups excluding tert-OH is 1. The molecule has 0 fully saturated rings. The molecule has 0 spiro atoms. The number of halogens is 2. The van der Waals surface area contributed by atoms with E-state index < -0.39 is 6.10 Å². The lowest BCUT2D eigenvalue weighted by Crippen LogP contribution is -2.14. The molecule has 0 aliphatic rings. The molecule has 1 aromatic carbocycles. The van der Waals surface area contributed by atoms with Crippen LogP contribution in [0.25, 0.3) is 5.65 Å². The summed E-state index contributed by atoms with van der Waals surface area (Å²) in [6, 6.07) is 8.68. The zero-order valence-electron chi connectivity index (χ0n) is 11.7. The standard InChI is InChI=1S/C14H13Cl2N5O/c1-8-18-19-13-6-5-12(20-21(8)13)17-7-11(22)14-9(15)3-2-4-10(14)16/h2-6,11,22H,7H2,1H3,(H,17,20). The fraction of sp³-hybridized carbons (Fsp3) is 0.214. The lowest BCUT2D eigenvalue weighted by molar-refractivity contribution is 0.191. The number of anilines is 1. The van der Waals surface area contributed by atoms with Gasteiger partial charge in [-0.2, -0.15) is 4.52 Å². The Bertz CT molecular complexity index is 800. The molecule has 0 saturated carbocycles. The Hall–Kier alpha value is -1.89. The van der Waals surface area contributed by atoms with Crippen LogP contribution in [-0.4, -0.2) is 31.5 Å². The largest absolute Gasteiger partial charge is 0.386 e. The molecule has 3 aromatic rings. The van der Waals surface area contributed by atoms with Crippen molar-refractivity contribution >= 4 is 34.7 Å². The number of fused-ring (bicyclic) bond motifs is 1. The minimum Gasteiger partial charge on any atom is -0.386 e. The van der Waals surface area contributed by atoms with Gasteiger partial charge in [-0.05, 0) is 31.2 Å². The third kappa shape index (κ3) is 2.85. The molecule has 0 radical (unpaired) electrons. The number of hydrogen-bond donors (Lipinski definition) is 2. The summed E-state index contributed by atoms with van der Waals surface area (Å²) < 4.78 is 1.62. The molecule has 22 heavy (non-hydrogen) atoms. The van der Waals surface area contributed by atoms with E-state index in [1.54, 1.807) is 34.8 Å². The molecule has 0 aliphatic heterocycles. The molecule has 1 atom stereocenters. The third-order valence-corrected chi connectivity index (χ3v) is 3.89. The number of hydrogen-bond acceptors (Lipinski definition) is 5. The highest BCUT2D eigenvalue weighted by Gasteiger charge is 2.15. The van der Waals surface area contributed by atoms with Gasteiger partial charge in [0.2, 0.25) is 0 Å². The van der Waals surface area contributed by atoms with Gasteiger partial charge < -0.3 is 10.4 Å². The first kappa shape index (κ1) is 15.0. The van der Waals surface area contributed by atoms with E-state index in [1.165, 1.54) is 0 Å². The van der Waals surface area contributed by atoms with Gasteiger partial charge in [-0.15, -0.1) is 15.3 Å². The molecule has 0 aliphatic carbocycles. The van der Waals surface area contributed by atoms with Crippen LogP contribution >= 0.6 is 23.2 Å². The Morgan fingerprint density at radius 2 is 1.91 bits per heavy atom. The second kappa shape index (κ2) is 6.08. The monoisotopic (exact) mass is 337 g/mol. The second-order valence-corrected chi connectivity index (χ2v) is 5.58. The van der Waals surface area contributed by atoms with Crippen molar-refractivity contribution < 1.29 is 5.11 Å². The summed E-state index contributed by atoms with van der Waals surface area (Å²) in [5, 5.41) is 26.4. The van der Waals surface area contributed by atoms with Gasteiger partial charge >= 0.3 is 0 Å². The molecule has 1 unspecified atom stereocenters. The lowest BCUT2D eigenvalue weighted by Gasteiger charge is -2.15. The zero-order valence-corrected chi connectivity index (χ0v) is 13.2. The minimum atomic E-state index is -0.847. The summed E-state index contributed by atoms with van der Waals surface area (Å²) >= 11 is 12.2. The normalized spacial score (nSPS) is 12.5. The molecule has 6 nitrogen and oxygen atoms in total. The van der Waals surface area contributed by atoms with Gasteiger partial charge in [-0.1, -0.05) is 29.3 Å². The van der Waals surface area contributed by atoms with Crippen LogP contribution < -0.4 is 5.32 Å². The number of rotatable bonds is 4. The van der Waals surface area contributed by atoms with E-state index in [0.717, 1.165) is 0 Å². The van der Waals surface area contributed by atoms with Crippen LogP contribution in [0.3, 0.4) is 0 Å². The number of benzene rings is 1. The topological polar surface area (TPSA) is 75.3 Å². The van der Waals surface area contributed by atoms with Gasteiger partial charge in [0.05, 0.1) is 6.10 Å². The summed E-state index contributed by atoms with van der Waals surface area (Å²) in [5.41, 5.74) is 1.16. The summed E-state index contributed by atoms with van der Waals surface area (Å²) in [5.74, 6) is 1.28. The molecule has 114 valence electrons. The van der Waals surface area contributed by atoms with Gasteiger partial charge in [0.1, 0.15) is 5.82 Å². The molecule has 2 heterocycles. The van der Waals surface area contributed by atoms with E-state index in [0.29, 0.717) is 32.9 Å². The van der Waals surface area contributed by atoms with Crippen molar-refractivity contribution in [3.8, 4) is 0 Å². The Labute approximate surface area is 136 Å². The van der Waals surface area contributed by atoms with Gasteiger partial charge in [-0.3, -0.25) is 0 Å². The maximum Gasteiger partial charge on any atom is 0.178 e. The smallest absolute Gasteiger partial charge is 0.178 e. The SMILES string of the molecule is Cc1nnc2ccc(NCC(O)c3c(Cl)cccc3Cl)nn12. The van der Waals surface area contributed by atoms with Gasteiger partial charge in [0, 0.05) is 22.2 Å². The minimum absolute atomic E-state index is 0.225. The van der Waals surface area contributed by atoms with E-state index in [2.05, 4.69) is 20.6 Å². The van der Waals surface area contributed by atoms with E-state index in [9.17, 15) is 5.11 Å². The molecule has 0 bridgehead atoms. The van der Waals surface area contributed by atoms with Crippen LogP contribution in [0.4, 0.5) is 5.82 Å². The number of aryl methyl sites for hydroxylation is 1. The first-order chi connectivity index (χ1) is 10.6. The predicted octanol–water partition coefficient (Wildman–Crippen LogP) is 2.89. The maximum absolute atomic E-state index is 10.3. The van der Waals surface area contributed by atoms with Crippen LogP contribution in [0.1, 0.15) is 17.5 Å². The lowest BCUT2D eigenvalue weighted by atomic mass is 10.1. The first-order valence-electron chi connectivity index (χ1n) is 6.61. The molecule has 0 saturated heterocycles. The van der Waals surface area contributed by atoms with Crippen molar-refractivity contribution in [2.24, 2.45) is 0 Å². The zero-order chi connectivity index (χ0) is 15.7. The Morgan fingerprint density at radius 3 is 2.64 bits per heavy atom. The highest BCUT2D eigenvalue weighted by Crippen LogP contribution is 2.30. The summed E-state index contributed by atoms with van der Waals surface area (Å²) in [4.78, 5) is 0. The third-order valence-electron chi connectivity index (χ3n) is 3.23. The quantitative estimate of drug-likeness (QED) is 0.765. The van der Waals surface area contributed by atoms with Crippen LogP contribution in [0.2, 0.25) is 10.0 Å². The average molecular weight is 338 g/mol. The molecular weight excluding hydrogens is 325 g/mol. The van der Waals surface area contributed by atoms with Crippen LogP contribution in [-0.2, 0) is 0 Å². The van der Waals surface area contributed by atoms with E-state index >= 15 is 0 Å². The van der Waals surface area contributed by atoms with Crippen molar-refractivity contribution in [2.45, 2.75) is 13.0 Å². The second-order valence-electron chi connectivity index (χ2n) is 4.77. The molecule has 3 rings (SSSR count). The molecule has 8 heteroatoms. The number of aliphatic hydroxyl groups is 1. The van der Waals surface area contributed by atoms with Crippen LogP contribution in [0, 0.1) is 6.92 Å². The van der Waals surface area contributed by atoms with Gasteiger partial charge in [0.25, 0.3) is 0 Å². The summed E-state index contributed by atoms with van der Waals surface area (Å²) in [6.45, 7) is 2.04. The van der Waals surface area contributed by atoms with Gasteiger partial charge in [0.15, 0.2) is 11.5 Å². The fourth-order valence-electron chi connectivity index (χ4n) is 2.12. The molecule has 0 amide bonds. The Kier molecular flexibility index (Phi) is 4.15. The molecule has 2 aromatic heterocycles. The van der Waals surface area contributed by atoms with E-state index in [-0.39, 0.29) is 6.54 Å².